The molecule has 0 spiro atoms. The fourth-order valence-corrected chi connectivity index (χ4v) is 3.44. The van der Waals surface area contributed by atoms with E-state index < -0.39 is 31.8 Å². The Morgan fingerprint density at radius 2 is 1.87 bits per heavy atom. The maximum Gasteiger partial charge on any atom is 0.368 e. The van der Waals surface area contributed by atoms with Crippen LogP contribution in [0.1, 0.15) is 15.9 Å². The molecule has 1 heterocycles. The number of rotatable bonds is 5. The van der Waals surface area contributed by atoms with Gasteiger partial charge in [0.15, 0.2) is 0 Å². The molecule has 0 radical (unpaired) electrons. The predicted octanol–water partition coefficient (Wildman–Crippen LogP) is 2.52. The molecule has 0 aliphatic carbocycles. The van der Waals surface area contributed by atoms with Gasteiger partial charge in [-0.3, -0.25) is 10.1 Å². The summed E-state index contributed by atoms with van der Waals surface area (Å²) in [6.45, 7) is 1.77. The zero-order chi connectivity index (χ0) is 17.2. The van der Waals surface area contributed by atoms with Crippen molar-refractivity contribution in [2.45, 2.75) is 11.8 Å². The van der Waals surface area contributed by atoms with Crippen LogP contribution in [0.3, 0.4) is 0 Å². The van der Waals surface area contributed by atoms with Crippen molar-refractivity contribution < 1.29 is 27.1 Å². The van der Waals surface area contributed by atoms with Crippen molar-refractivity contribution in [3.8, 4) is 5.75 Å². The topological polar surface area (TPSA) is 113 Å². The maximum absolute atomic E-state index is 12.3. The molecule has 0 N–H and O–H groups in total. The maximum atomic E-state index is 12.3. The largest absolute Gasteiger partial charge is 0.465 e. The third-order valence-corrected chi connectivity index (χ3v) is 4.95. The Morgan fingerprint density at radius 1 is 1.26 bits per heavy atom. The number of hydrogen-bond acceptors (Lipinski definition) is 8. The molecule has 122 valence electrons. The number of carbonyl (C=O) groups excluding carboxylic acids is 1. The van der Waals surface area contributed by atoms with Crippen LogP contribution in [0.2, 0.25) is 0 Å². The van der Waals surface area contributed by atoms with Gasteiger partial charge in [0, 0.05) is 5.38 Å². The smallest absolute Gasteiger partial charge is 0.368 e. The number of nitro groups is 1. The molecule has 8 nitrogen and oxygen atoms in total. The first-order chi connectivity index (χ1) is 10.8. The SMILES string of the molecule is COC(=O)c1csc([N+](=O)[O-])c1OS(=O)(=O)c1ccc(C)cc1. The zero-order valence-corrected chi connectivity index (χ0v) is 13.6. The quantitative estimate of drug-likeness (QED) is 0.350. The lowest BCUT2D eigenvalue weighted by molar-refractivity contribution is -0.380. The minimum atomic E-state index is -4.33. The van der Waals surface area contributed by atoms with E-state index in [1.807, 2.05) is 0 Å². The van der Waals surface area contributed by atoms with Gasteiger partial charge in [0.1, 0.15) is 10.5 Å². The first kappa shape index (κ1) is 16.9. The Hall–Kier alpha value is -2.46. The lowest BCUT2D eigenvalue weighted by Crippen LogP contribution is -2.13. The summed E-state index contributed by atoms with van der Waals surface area (Å²) < 4.78 is 33.8. The van der Waals surface area contributed by atoms with Crippen LogP contribution in [0.5, 0.6) is 5.75 Å². The Labute approximate surface area is 135 Å². The molecule has 0 bridgehead atoms. The summed E-state index contributed by atoms with van der Waals surface area (Å²) in [6, 6.07) is 5.72. The summed E-state index contributed by atoms with van der Waals surface area (Å²) in [5.41, 5.74) is 0.514. The molecule has 1 aromatic heterocycles. The molecule has 0 saturated carbocycles. The van der Waals surface area contributed by atoms with Crippen molar-refractivity contribution in [3.63, 3.8) is 0 Å². The first-order valence-corrected chi connectivity index (χ1v) is 8.40. The fourth-order valence-electron chi connectivity index (χ4n) is 1.66. The number of esters is 1. The monoisotopic (exact) mass is 357 g/mol. The van der Waals surface area contributed by atoms with Crippen LogP contribution >= 0.6 is 11.3 Å². The van der Waals surface area contributed by atoms with Gasteiger partial charge in [-0.1, -0.05) is 29.0 Å². The van der Waals surface area contributed by atoms with Crippen molar-refractivity contribution >= 4 is 32.4 Å². The van der Waals surface area contributed by atoms with Gasteiger partial charge in [0.25, 0.3) is 0 Å². The van der Waals surface area contributed by atoms with Crippen LogP contribution in [-0.2, 0) is 14.9 Å². The van der Waals surface area contributed by atoms with Gasteiger partial charge in [-0.15, -0.1) is 0 Å². The average Bonchev–Trinajstić information content (AvgIpc) is 2.90. The number of hydrogen-bond donors (Lipinski definition) is 0. The van der Waals surface area contributed by atoms with Crippen molar-refractivity contribution in [1.29, 1.82) is 0 Å². The van der Waals surface area contributed by atoms with E-state index in [0.717, 1.165) is 18.1 Å². The van der Waals surface area contributed by atoms with E-state index in [1.54, 1.807) is 19.1 Å². The van der Waals surface area contributed by atoms with Crippen molar-refractivity contribution in [1.82, 2.24) is 0 Å². The standard InChI is InChI=1S/C13H11NO7S2/c1-8-3-5-9(6-4-8)23(18,19)21-11-10(13(15)20-2)7-22-12(11)14(16)17/h3-7H,1-2H3. The minimum Gasteiger partial charge on any atom is -0.465 e. The van der Waals surface area contributed by atoms with E-state index in [0.29, 0.717) is 11.3 Å². The molecule has 0 atom stereocenters. The summed E-state index contributed by atoms with van der Waals surface area (Å²) in [4.78, 5) is 21.6. The highest BCUT2D eigenvalue weighted by atomic mass is 32.2. The van der Waals surface area contributed by atoms with E-state index in [9.17, 15) is 23.3 Å². The molecule has 1 aromatic carbocycles. The third kappa shape index (κ3) is 3.48. The first-order valence-electron chi connectivity index (χ1n) is 6.11. The molecule has 0 aliphatic rings. The highest BCUT2D eigenvalue weighted by Crippen LogP contribution is 2.39. The van der Waals surface area contributed by atoms with E-state index in [4.69, 9.17) is 4.18 Å². The van der Waals surface area contributed by atoms with Crippen LogP contribution in [0.15, 0.2) is 34.5 Å². The second-order valence-electron chi connectivity index (χ2n) is 4.38. The molecule has 0 saturated heterocycles. The number of benzene rings is 1. The van der Waals surface area contributed by atoms with Crippen LogP contribution in [0.25, 0.3) is 0 Å². The Balaban J connectivity index is 2.49. The highest BCUT2D eigenvalue weighted by molar-refractivity contribution is 7.87. The Kier molecular flexibility index (Phi) is 4.66. The minimum absolute atomic E-state index is 0.181. The second kappa shape index (κ2) is 6.34. The van der Waals surface area contributed by atoms with Crippen molar-refractivity contribution in [2.75, 3.05) is 7.11 Å². The lowest BCUT2D eigenvalue weighted by atomic mass is 10.2. The number of aryl methyl sites for hydroxylation is 1. The Morgan fingerprint density at radius 3 is 2.39 bits per heavy atom. The average molecular weight is 357 g/mol. The molecule has 0 fully saturated rings. The molecular formula is C13H11NO7S2. The van der Waals surface area contributed by atoms with Crippen molar-refractivity contribution in [3.05, 3.63) is 50.9 Å². The van der Waals surface area contributed by atoms with Crippen LogP contribution < -0.4 is 4.18 Å². The van der Waals surface area contributed by atoms with Crippen LogP contribution in [-0.4, -0.2) is 26.4 Å². The number of carbonyl (C=O) groups is 1. The predicted molar refractivity (Wildman–Crippen MR) is 81.3 cm³/mol. The summed E-state index contributed by atoms with van der Waals surface area (Å²) in [5.74, 6) is -1.57. The summed E-state index contributed by atoms with van der Waals surface area (Å²) in [5, 5.41) is 11.5. The molecule has 10 heteroatoms. The zero-order valence-electron chi connectivity index (χ0n) is 12.0. The van der Waals surface area contributed by atoms with Crippen LogP contribution in [0.4, 0.5) is 5.00 Å². The molecule has 2 rings (SSSR count). The second-order valence-corrected chi connectivity index (χ2v) is 6.79. The van der Waals surface area contributed by atoms with Gasteiger partial charge in [0.2, 0.25) is 5.75 Å². The summed E-state index contributed by atoms with van der Waals surface area (Å²) >= 11 is 0.577. The molecule has 23 heavy (non-hydrogen) atoms. The van der Waals surface area contributed by atoms with Gasteiger partial charge in [-0.25, -0.2) is 4.79 Å². The molecule has 0 unspecified atom stereocenters. The third-order valence-electron chi connectivity index (χ3n) is 2.80. The summed E-state index contributed by atoms with van der Waals surface area (Å²) in [6.07, 6.45) is 0. The van der Waals surface area contributed by atoms with Crippen LogP contribution in [0, 0.1) is 17.0 Å². The number of thiophene rings is 1. The highest BCUT2D eigenvalue weighted by Gasteiger charge is 2.32. The van der Waals surface area contributed by atoms with Crippen molar-refractivity contribution in [2.24, 2.45) is 0 Å². The van der Waals surface area contributed by atoms with Gasteiger partial charge in [-0.2, -0.15) is 8.42 Å². The fraction of sp³-hybridized carbons (Fsp3) is 0.154. The normalized spacial score (nSPS) is 11.0. The van der Waals surface area contributed by atoms with Gasteiger partial charge in [0.05, 0.1) is 12.0 Å². The number of methoxy groups -OCH3 is 1. The van der Waals surface area contributed by atoms with Gasteiger partial charge >= 0.3 is 21.1 Å². The van der Waals surface area contributed by atoms with E-state index in [2.05, 4.69) is 4.74 Å². The van der Waals surface area contributed by atoms with E-state index >= 15 is 0 Å². The van der Waals surface area contributed by atoms with E-state index in [1.165, 1.54) is 12.1 Å². The molecule has 0 amide bonds. The molecular weight excluding hydrogens is 346 g/mol. The molecule has 0 aliphatic heterocycles. The summed E-state index contributed by atoms with van der Waals surface area (Å²) in [7, 11) is -3.25. The lowest BCUT2D eigenvalue weighted by Gasteiger charge is -2.07. The van der Waals surface area contributed by atoms with Gasteiger partial charge < -0.3 is 8.92 Å². The number of ether oxygens (including phenoxy) is 1. The Bertz CT molecular complexity index is 853. The van der Waals surface area contributed by atoms with E-state index in [-0.39, 0.29) is 10.5 Å². The molecule has 2 aromatic rings. The number of nitrogens with zero attached hydrogens (tertiary/aromatic N) is 1. The van der Waals surface area contributed by atoms with Gasteiger partial charge in [-0.05, 0) is 19.1 Å².